The third-order valence-electron chi connectivity index (χ3n) is 1.84. The van der Waals surface area contributed by atoms with E-state index < -0.39 is 0 Å². The molecule has 3 nitrogen and oxygen atoms in total. The van der Waals surface area contributed by atoms with Gasteiger partial charge in [0.1, 0.15) is 0 Å². The SMILES string of the molecule is COC(=O)c1cnc(C)c(Br)c1C. The molecule has 0 N–H and O–H groups in total. The molecule has 0 radical (unpaired) electrons. The second kappa shape index (κ2) is 3.87. The molecule has 0 saturated heterocycles. The van der Waals surface area contributed by atoms with Crippen molar-refractivity contribution in [3.05, 3.63) is 27.5 Å². The number of pyridine rings is 1. The predicted octanol–water partition coefficient (Wildman–Crippen LogP) is 2.25. The van der Waals surface area contributed by atoms with Gasteiger partial charge < -0.3 is 4.74 Å². The molecule has 1 aromatic rings. The van der Waals surface area contributed by atoms with Crippen LogP contribution in [0.15, 0.2) is 10.7 Å². The van der Waals surface area contributed by atoms with E-state index in [0.29, 0.717) is 5.56 Å². The third kappa shape index (κ3) is 1.88. The lowest BCUT2D eigenvalue weighted by atomic mass is 10.1. The third-order valence-corrected chi connectivity index (χ3v) is 3.01. The van der Waals surface area contributed by atoms with Gasteiger partial charge in [-0.05, 0) is 35.3 Å². The standard InChI is InChI=1S/C9H10BrNO2/c1-5-7(9(12)13-3)4-11-6(2)8(5)10/h4H,1-3H3. The fourth-order valence-corrected chi connectivity index (χ4v) is 1.34. The summed E-state index contributed by atoms with van der Waals surface area (Å²) in [6.45, 7) is 3.73. The summed E-state index contributed by atoms with van der Waals surface area (Å²) in [5.74, 6) is -0.356. The summed E-state index contributed by atoms with van der Waals surface area (Å²) in [7, 11) is 1.36. The van der Waals surface area contributed by atoms with E-state index in [-0.39, 0.29) is 5.97 Å². The molecule has 0 bridgehead atoms. The Morgan fingerprint density at radius 2 is 2.15 bits per heavy atom. The number of halogens is 1. The Hall–Kier alpha value is -0.900. The van der Waals surface area contributed by atoms with Crippen molar-refractivity contribution in [3.8, 4) is 0 Å². The van der Waals surface area contributed by atoms with Gasteiger partial charge >= 0.3 is 5.97 Å². The van der Waals surface area contributed by atoms with Crippen LogP contribution >= 0.6 is 15.9 Å². The van der Waals surface area contributed by atoms with Crippen LogP contribution in [0, 0.1) is 13.8 Å². The van der Waals surface area contributed by atoms with E-state index >= 15 is 0 Å². The van der Waals surface area contributed by atoms with Crippen molar-refractivity contribution in [2.24, 2.45) is 0 Å². The minimum absolute atomic E-state index is 0.356. The minimum Gasteiger partial charge on any atom is -0.465 e. The van der Waals surface area contributed by atoms with Crippen LogP contribution in [0.2, 0.25) is 0 Å². The highest BCUT2D eigenvalue weighted by atomic mass is 79.9. The van der Waals surface area contributed by atoms with E-state index in [0.717, 1.165) is 15.7 Å². The smallest absolute Gasteiger partial charge is 0.339 e. The largest absolute Gasteiger partial charge is 0.465 e. The summed E-state index contributed by atoms with van der Waals surface area (Å²) >= 11 is 3.36. The van der Waals surface area contributed by atoms with Crippen LogP contribution in [0.3, 0.4) is 0 Å². The van der Waals surface area contributed by atoms with Crippen LogP contribution in [-0.2, 0) is 4.74 Å². The van der Waals surface area contributed by atoms with Crippen molar-refractivity contribution in [2.45, 2.75) is 13.8 Å². The van der Waals surface area contributed by atoms with Gasteiger partial charge in [-0.2, -0.15) is 0 Å². The molecule has 0 aliphatic rings. The molecule has 4 heteroatoms. The van der Waals surface area contributed by atoms with Gasteiger partial charge in [0, 0.05) is 10.7 Å². The van der Waals surface area contributed by atoms with Crippen molar-refractivity contribution in [2.75, 3.05) is 7.11 Å². The first-order valence-electron chi connectivity index (χ1n) is 3.78. The first kappa shape index (κ1) is 10.2. The molecule has 0 aromatic carbocycles. The van der Waals surface area contributed by atoms with Gasteiger partial charge in [0.2, 0.25) is 0 Å². The van der Waals surface area contributed by atoms with E-state index in [1.54, 1.807) is 0 Å². The van der Waals surface area contributed by atoms with E-state index in [1.165, 1.54) is 13.3 Å². The number of nitrogens with zero attached hydrogens (tertiary/aromatic N) is 1. The predicted molar refractivity (Wildman–Crippen MR) is 52.8 cm³/mol. The number of hydrogen-bond acceptors (Lipinski definition) is 3. The van der Waals surface area contributed by atoms with Crippen molar-refractivity contribution >= 4 is 21.9 Å². The number of ether oxygens (including phenoxy) is 1. The highest BCUT2D eigenvalue weighted by Crippen LogP contribution is 2.22. The van der Waals surface area contributed by atoms with Crippen molar-refractivity contribution < 1.29 is 9.53 Å². The van der Waals surface area contributed by atoms with E-state index in [1.807, 2.05) is 13.8 Å². The highest BCUT2D eigenvalue weighted by Gasteiger charge is 2.12. The lowest BCUT2D eigenvalue weighted by molar-refractivity contribution is 0.0599. The van der Waals surface area contributed by atoms with Gasteiger partial charge in [-0.15, -0.1) is 0 Å². The highest BCUT2D eigenvalue weighted by molar-refractivity contribution is 9.10. The lowest BCUT2D eigenvalue weighted by Crippen LogP contribution is -2.05. The maximum absolute atomic E-state index is 11.2. The van der Waals surface area contributed by atoms with Crippen molar-refractivity contribution in [3.63, 3.8) is 0 Å². The summed E-state index contributed by atoms with van der Waals surface area (Å²) in [5, 5.41) is 0. The monoisotopic (exact) mass is 243 g/mol. The van der Waals surface area contributed by atoms with Crippen LogP contribution in [0.5, 0.6) is 0 Å². The fourth-order valence-electron chi connectivity index (χ4n) is 1.02. The molecule has 13 heavy (non-hydrogen) atoms. The first-order valence-corrected chi connectivity index (χ1v) is 4.57. The van der Waals surface area contributed by atoms with Gasteiger partial charge in [-0.1, -0.05) is 0 Å². The van der Waals surface area contributed by atoms with Gasteiger partial charge in [0.25, 0.3) is 0 Å². The normalized spacial score (nSPS) is 9.85. The molecule has 0 saturated carbocycles. The van der Waals surface area contributed by atoms with Gasteiger partial charge in [-0.25, -0.2) is 4.79 Å². The molecule has 1 heterocycles. The zero-order valence-electron chi connectivity index (χ0n) is 7.72. The van der Waals surface area contributed by atoms with Crippen LogP contribution < -0.4 is 0 Å². The maximum Gasteiger partial charge on any atom is 0.339 e. The second-order valence-electron chi connectivity index (χ2n) is 2.69. The van der Waals surface area contributed by atoms with Crippen molar-refractivity contribution in [1.82, 2.24) is 4.98 Å². The quantitative estimate of drug-likeness (QED) is 0.711. The van der Waals surface area contributed by atoms with E-state index in [4.69, 9.17) is 0 Å². The topological polar surface area (TPSA) is 39.2 Å². The molecular formula is C9H10BrNO2. The summed E-state index contributed by atoms with van der Waals surface area (Å²) in [6.07, 6.45) is 1.53. The molecule has 70 valence electrons. The molecule has 0 fully saturated rings. The molecule has 1 aromatic heterocycles. The summed E-state index contributed by atoms with van der Waals surface area (Å²) in [4.78, 5) is 15.3. The van der Waals surface area contributed by atoms with E-state index in [9.17, 15) is 4.79 Å². The molecule has 0 aliphatic carbocycles. The zero-order chi connectivity index (χ0) is 10.0. The minimum atomic E-state index is -0.356. The Kier molecular flexibility index (Phi) is 3.03. The summed E-state index contributed by atoms with van der Waals surface area (Å²) in [5.41, 5.74) is 2.23. The first-order chi connectivity index (χ1) is 6.07. The molecule has 0 amide bonds. The van der Waals surface area contributed by atoms with Crippen LogP contribution in [0.25, 0.3) is 0 Å². The second-order valence-corrected chi connectivity index (χ2v) is 3.48. The zero-order valence-corrected chi connectivity index (χ0v) is 9.31. The Balaban J connectivity index is 3.26. The van der Waals surface area contributed by atoms with Crippen LogP contribution in [-0.4, -0.2) is 18.1 Å². The molecule has 0 atom stereocenters. The lowest BCUT2D eigenvalue weighted by Gasteiger charge is -2.06. The number of carbonyl (C=O) groups excluding carboxylic acids is 1. The number of aryl methyl sites for hydroxylation is 1. The van der Waals surface area contributed by atoms with Gasteiger partial charge in [-0.3, -0.25) is 4.98 Å². The van der Waals surface area contributed by atoms with Gasteiger partial charge in [0.05, 0.1) is 18.4 Å². The Morgan fingerprint density at radius 3 is 2.69 bits per heavy atom. The van der Waals surface area contributed by atoms with Crippen LogP contribution in [0.4, 0.5) is 0 Å². The van der Waals surface area contributed by atoms with Crippen LogP contribution in [0.1, 0.15) is 21.6 Å². The van der Waals surface area contributed by atoms with Crippen molar-refractivity contribution in [1.29, 1.82) is 0 Å². The molecule has 0 aliphatic heterocycles. The number of esters is 1. The number of carbonyl (C=O) groups is 1. The summed E-state index contributed by atoms with van der Waals surface area (Å²) in [6, 6.07) is 0. The average Bonchev–Trinajstić information content (AvgIpc) is 2.13. The number of rotatable bonds is 1. The summed E-state index contributed by atoms with van der Waals surface area (Å²) < 4.78 is 5.47. The Bertz CT molecular complexity index is 350. The Labute approximate surface area is 85.3 Å². The molecule has 0 unspecified atom stereocenters. The molecular weight excluding hydrogens is 234 g/mol. The fraction of sp³-hybridized carbons (Fsp3) is 0.333. The van der Waals surface area contributed by atoms with Gasteiger partial charge in [0.15, 0.2) is 0 Å². The Morgan fingerprint density at radius 1 is 1.54 bits per heavy atom. The number of hydrogen-bond donors (Lipinski definition) is 0. The molecule has 0 spiro atoms. The number of methoxy groups -OCH3 is 1. The average molecular weight is 244 g/mol. The maximum atomic E-state index is 11.2. The molecule has 1 rings (SSSR count). The van der Waals surface area contributed by atoms with E-state index in [2.05, 4.69) is 25.7 Å². The number of aromatic nitrogens is 1.